The van der Waals surface area contributed by atoms with E-state index in [2.05, 4.69) is 40.3 Å². The van der Waals surface area contributed by atoms with Crippen LogP contribution in [-0.2, 0) is 11.3 Å². The number of aromatic nitrogens is 2. The molecule has 6 nitrogen and oxygen atoms in total. The summed E-state index contributed by atoms with van der Waals surface area (Å²) in [6.07, 6.45) is 2.48. The molecule has 0 spiro atoms. The van der Waals surface area contributed by atoms with Crippen molar-refractivity contribution >= 4 is 5.96 Å². The summed E-state index contributed by atoms with van der Waals surface area (Å²) in [6.45, 7) is 9.49. The second-order valence-electron chi connectivity index (χ2n) is 6.24. The molecule has 2 N–H and O–H groups in total. The molecule has 1 atom stereocenters. The van der Waals surface area contributed by atoms with Crippen LogP contribution in [0.15, 0.2) is 11.1 Å². The fourth-order valence-corrected chi connectivity index (χ4v) is 2.30. The van der Waals surface area contributed by atoms with Gasteiger partial charge < -0.3 is 15.4 Å². The third-order valence-electron chi connectivity index (χ3n) is 3.67. The van der Waals surface area contributed by atoms with Gasteiger partial charge in [0.1, 0.15) is 0 Å². The number of hydrogen-bond donors (Lipinski definition) is 2. The topological polar surface area (TPSA) is 63.5 Å². The normalized spacial score (nSPS) is 16.6. The van der Waals surface area contributed by atoms with Crippen LogP contribution in [0.2, 0.25) is 0 Å². The van der Waals surface area contributed by atoms with Crippen molar-refractivity contribution in [1.29, 1.82) is 0 Å². The number of nitrogens with zero attached hydrogens (tertiary/aromatic N) is 3. The highest BCUT2D eigenvalue weighted by atomic mass is 16.5. The molecule has 0 unspecified atom stereocenters. The Bertz CT molecular complexity index is 493. The van der Waals surface area contributed by atoms with Gasteiger partial charge in [0.15, 0.2) is 5.96 Å². The Morgan fingerprint density at radius 2 is 2.27 bits per heavy atom. The van der Waals surface area contributed by atoms with E-state index in [4.69, 9.17) is 9.73 Å². The van der Waals surface area contributed by atoms with Crippen LogP contribution in [0.1, 0.15) is 31.2 Å². The van der Waals surface area contributed by atoms with Crippen molar-refractivity contribution in [3.8, 4) is 0 Å². The van der Waals surface area contributed by atoms with Crippen molar-refractivity contribution in [3.05, 3.63) is 17.5 Å². The van der Waals surface area contributed by atoms with Crippen LogP contribution in [-0.4, -0.2) is 48.6 Å². The number of hydrogen-bond acceptors (Lipinski definition) is 3. The molecule has 0 bridgehead atoms. The number of aliphatic imine (C=N–C) groups is 1. The lowest BCUT2D eigenvalue weighted by molar-refractivity contribution is 0.203. The lowest BCUT2D eigenvalue weighted by Crippen LogP contribution is -2.40. The zero-order chi connectivity index (χ0) is 15.9. The molecule has 1 aliphatic carbocycles. The SMILES string of the molecule is COCCNC(=NC[C@H](C)Cn1nc(C)cc1C)NC1CC1. The molecule has 0 radical (unpaired) electrons. The minimum atomic E-state index is 0.443. The van der Waals surface area contributed by atoms with Crippen LogP contribution in [0.25, 0.3) is 0 Å². The molecule has 1 heterocycles. The molecule has 1 aliphatic rings. The molecular formula is C16H29N5O. The van der Waals surface area contributed by atoms with Crippen molar-refractivity contribution in [2.45, 2.75) is 46.2 Å². The maximum Gasteiger partial charge on any atom is 0.191 e. The van der Waals surface area contributed by atoms with Crippen molar-refractivity contribution in [3.63, 3.8) is 0 Å². The van der Waals surface area contributed by atoms with Gasteiger partial charge in [0, 0.05) is 38.5 Å². The molecule has 0 aliphatic heterocycles. The minimum Gasteiger partial charge on any atom is -0.383 e. The summed E-state index contributed by atoms with van der Waals surface area (Å²) in [5.41, 5.74) is 2.29. The molecule has 124 valence electrons. The van der Waals surface area contributed by atoms with E-state index in [9.17, 15) is 0 Å². The molecule has 0 aromatic carbocycles. The molecule has 0 saturated heterocycles. The number of rotatable bonds is 8. The molecule has 1 fully saturated rings. The highest BCUT2D eigenvalue weighted by Gasteiger charge is 2.22. The first kappa shape index (κ1) is 16.8. The van der Waals surface area contributed by atoms with Gasteiger partial charge in [0.05, 0.1) is 12.3 Å². The number of nitrogens with one attached hydrogen (secondary N) is 2. The smallest absolute Gasteiger partial charge is 0.191 e. The predicted molar refractivity (Wildman–Crippen MR) is 89.2 cm³/mol. The molecular weight excluding hydrogens is 278 g/mol. The first-order valence-electron chi connectivity index (χ1n) is 8.13. The second-order valence-corrected chi connectivity index (χ2v) is 6.24. The summed E-state index contributed by atoms with van der Waals surface area (Å²) in [5, 5.41) is 11.3. The summed E-state index contributed by atoms with van der Waals surface area (Å²) in [4.78, 5) is 4.71. The first-order valence-corrected chi connectivity index (χ1v) is 8.13. The van der Waals surface area contributed by atoms with E-state index in [0.717, 1.165) is 31.3 Å². The van der Waals surface area contributed by atoms with Gasteiger partial charge >= 0.3 is 0 Å². The van der Waals surface area contributed by atoms with E-state index in [1.165, 1.54) is 18.5 Å². The Hall–Kier alpha value is -1.56. The molecule has 0 amide bonds. The molecule has 22 heavy (non-hydrogen) atoms. The highest BCUT2D eigenvalue weighted by molar-refractivity contribution is 5.80. The van der Waals surface area contributed by atoms with Crippen molar-refractivity contribution in [1.82, 2.24) is 20.4 Å². The average Bonchev–Trinajstić information content (AvgIpc) is 3.22. The van der Waals surface area contributed by atoms with Gasteiger partial charge in [-0.2, -0.15) is 5.10 Å². The van der Waals surface area contributed by atoms with Crippen LogP contribution in [0.3, 0.4) is 0 Å². The fourth-order valence-electron chi connectivity index (χ4n) is 2.30. The zero-order valence-corrected chi connectivity index (χ0v) is 14.2. The molecule has 1 aromatic rings. The first-order chi connectivity index (χ1) is 10.6. The molecule has 2 rings (SSSR count). The monoisotopic (exact) mass is 307 g/mol. The van der Waals surface area contributed by atoms with Gasteiger partial charge in [-0.1, -0.05) is 6.92 Å². The Labute approximate surface area is 133 Å². The molecule has 6 heteroatoms. The Morgan fingerprint density at radius 3 is 2.86 bits per heavy atom. The van der Waals surface area contributed by atoms with Gasteiger partial charge in [0.2, 0.25) is 0 Å². The van der Waals surface area contributed by atoms with E-state index in [1.54, 1.807) is 7.11 Å². The number of aryl methyl sites for hydroxylation is 2. The zero-order valence-electron chi connectivity index (χ0n) is 14.2. The predicted octanol–water partition coefficient (Wildman–Crippen LogP) is 1.48. The Morgan fingerprint density at radius 1 is 1.50 bits per heavy atom. The standard InChI is InChI=1S/C16H29N5O/c1-12(11-21-14(3)9-13(2)20-21)10-18-16(17-7-8-22-4)19-15-5-6-15/h9,12,15H,5-8,10-11H2,1-4H3,(H2,17,18,19)/t12-/m0/s1. The van der Waals surface area contributed by atoms with Crippen molar-refractivity contribution in [2.24, 2.45) is 10.9 Å². The van der Waals surface area contributed by atoms with Gasteiger partial charge in [-0.05, 0) is 38.7 Å². The maximum absolute atomic E-state index is 5.08. The van der Waals surface area contributed by atoms with E-state index in [1.807, 2.05) is 6.92 Å². The largest absolute Gasteiger partial charge is 0.383 e. The second kappa shape index (κ2) is 8.17. The minimum absolute atomic E-state index is 0.443. The maximum atomic E-state index is 5.08. The van der Waals surface area contributed by atoms with Gasteiger partial charge in [-0.25, -0.2) is 0 Å². The van der Waals surface area contributed by atoms with Crippen LogP contribution >= 0.6 is 0 Å². The lowest BCUT2D eigenvalue weighted by Gasteiger charge is -2.14. The average molecular weight is 307 g/mol. The van der Waals surface area contributed by atoms with Crippen LogP contribution < -0.4 is 10.6 Å². The van der Waals surface area contributed by atoms with E-state index in [0.29, 0.717) is 18.6 Å². The van der Waals surface area contributed by atoms with Gasteiger partial charge in [-0.3, -0.25) is 9.67 Å². The van der Waals surface area contributed by atoms with E-state index < -0.39 is 0 Å². The Kier molecular flexibility index (Phi) is 6.24. The summed E-state index contributed by atoms with van der Waals surface area (Å²) in [6, 6.07) is 2.71. The molecule has 1 aromatic heterocycles. The Balaban J connectivity index is 1.83. The number of guanidine groups is 1. The quantitative estimate of drug-likeness (QED) is 0.434. The highest BCUT2D eigenvalue weighted by Crippen LogP contribution is 2.18. The number of methoxy groups -OCH3 is 1. The van der Waals surface area contributed by atoms with Gasteiger partial charge in [-0.15, -0.1) is 0 Å². The third kappa shape index (κ3) is 5.67. The molecule has 1 saturated carbocycles. The van der Waals surface area contributed by atoms with E-state index in [-0.39, 0.29) is 0 Å². The van der Waals surface area contributed by atoms with Crippen LogP contribution in [0.5, 0.6) is 0 Å². The van der Waals surface area contributed by atoms with Gasteiger partial charge in [0.25, 0.3) is 0 Å². The fraction of sp³-hybridized carbons (Fsp3) is 0.750. The van der Waals surface area contributed by atoms with Crippen LogP contribution in [0, 0.1) is 19.8 Å². The van der Waals surface area contributed by atoms with Crippen LogP contribution in [0.4, 0.5) is 0 Å². The number of ether oxygens (including phenoxy) is 1. The summed E-state index contributed by atoms with van der Waals surface area (Å²) in [7, 11) is 1.71. The van der Waals surface area contributed by atoms with E-state index >= 15 is 0 Å². The van der Waals surface area contributed by atoms with Crippen molar-refractivity contribution in [2.75, 3.05) is 26.8 Å². The summed E-state index contributed by atoms with van der Waals surface area (Å²) in [5.74, 6) is 1.35. The lowest BCUT2D eigenvalue weighted by atomic mass is 10.2. The third-order valence-corrected chi connectivity index (χ3v) is 3.67. The summed E-state index contributed by atoms with van der Waals surface area (Å²) < 4.78 is 7.15. The van der Waals surface area contributed by atoms with Crippen molar-refractivity contribution < 1.29 is 4.74 Å². The summed E-state index contributed by atoms with van der Waals surface area (Å²) >= 11 is 0.